The summed E-state index contributed by atoms with van der Waals surface area (Å²) in [4.78, 5) is 14.2. The fraction of sp³-hybridized carbons (Fsp3) is 0.188. The molecule has 22 heavy (non-hydrogen) atoms. The maximum Gasteiger partial charge on any atom is 0.281 e. The summed E-state index contributed by atoms with van der Waals surface area (Å²) >= 11 is 5.34. The van der Waals surface area contributed by atoms with Crippen LogP contribution in [0.1, 0.15) is 18.1 Å². The first-order chi connectivity index (χ1) is 10.6. The van der Waals surface area contributed by atoms with Crippen LogP contribution in [-0.2, 0) is 18.3 Å². The number of rotatable bonds is 3. The van der Waals surface area contributed by atoms with Crippen LogP contribution in [0.5, 0.6) is 0 Å². The van der Waals surface area contributed by atoms with Gasteiger partial charge in [-0.05, 0) is 36.3 Å². The van der Waals surface area contributed by atoms with E-state index in [-0.39, 0.29) is 5.91 Å². The van der Waals surface area contributed by atoms with E-state index in [1.807, 2.05) is 37.5 Å². The molecule has 1 N–H and O–H groups in total. The number of anilines is 1. The number of aromatic nitrogens is 2. The van der Waals surface area contributed by atoms with Gasteiger partial charge in [-0.2, -0.15) is 5.10 Å². The van der Waals surface area contributed by atoms with Gasteiger partial charge in [-0.1, -0.05) is 25.1 Å². The van der Waals surface area contributed by atoms with Gasteiger partial charge >= 0.3 is 0 Å². The summed E-state index contributed by atoms with van der Waals surface area (Å²) in [5.41, 5.74) is 3.24. The first kappa shape index (κ1) is 14.5. The Balaban J connectivity index is 1.97. The van der Waals surface area contributed by atoms with Gasteiger partial charge in [0, 0.05) is 18.8 Å². The van der Waals surface area contributed by atoms with Gasteiger partial charge in [-0.25, -0.2) is 0 Å². The highest BCUT2D eigenvalue weighted by Crippen LogP contribution is 2.26. The van der Waals surface area contributed by atoms with E-state index in [0.717, 1.165) is 23.2 Å². The molecule has 0 bridgehead atoms. The summed E-state index contributed by atoms with van der Waals surface area (Å²) in [6.07, 6.45) is 6.14. The first-order valence-corrected chi connectivity index (χ1v) is 7.44. The maximum atomic E-state index is 12.7. The van der Waals surface area contributed by atoms with Gasteiger partial charge in [0.2, 0.25) is 0 Å². The molecule has 3 rings (SSSR count). The lowest BCUT2D eigenvalue weighted by atomic mass is 10.1. The SMILES string of the molecule is CCc1ccccc1N1C(=O)/C(=C/c2cnn(C)c2)NC1=S. The fourth-order valence-electron chi connectivity index (χ4n) is 2.46. The average molecular weight is 312 g/mol. The molecule has 1 amide bonds. The van der Waals surface area contributed by atoms with Gasteiger partial charge in [-0.15, -0.1) is 0 Å². The number of benzene rings is 1. The molecule has 1 aromatic heterocycles. The molecule has 0 unspecified atom stereocenters. The average Bonchev–Trinajstić information content (AvgIpc) is 3.03. The van der Waals surface area contributed by atoms with E-state index < -0.39 is 0 Å². The number of thiocarbonyl (C=S) groups is 1. The lowest BCUT2D eigenvalue weighted by Gasteiger charge is -2.17. The Bertz CT molecular complexity index is 778. The summed E-state index contributed by atoms with van der Waals surface area (Å²) in [6, 6.07) is 7.80. The van der Waals surface area contributed by atoms with Crippen molar-refractivity contribution in [2.45, 2.75) is 13.3 Å². The summed E-state index contributed by atoms with van der Waals surface area (Å²) in [6.45, 7) is 2.06. The van der Waals surface area contributed by atoms with Gasteiger partial charge in [0.05, 0.1) is 11.9 Å². The number of nitrogens with one attached hydrogen (secondary N) is 1. The number of hydrogen-bond acceptors (Lipinski definition) is 3. The molecule has 0 saturated carbocycles. The van der Waals surface area contributed by atoms with Crippen molar-refractivity contribution in [1.29, 1.82) is 0 Å². The van der Waals surface area contributed by atoms with E-state index in [1.165, 1.54) is 0 Å². The van der Waals surface area contributed by atoms with E-state index in [1.54, 1.807) is 21.9 Å². The predicted molar refractivity (Wildman–Crippen MR) is 90.2 cm³/mol. The smallest absolute Gasteiger partial charge is 0.281 e. The monoisotopic (exact) mass is 312 g/mol. The van der Waals surface area contributed by atoms with Crippen LogP contribution in [0.2, 0.25) is 0 Å². The molecule has 1 aromatic carbocycles. The quantitative estimate of drug-likeness (QED) is 0.697. The Morgan fingerprint density at radius 3 is 2.82 bits per heavy atom. The highest BCUT2D eigenvalue weighted by Gasteiger charge is 2.32. The lowest BCUT2D eigenvalue weighted by molar-refractivity contribution is -0.113. The highest BCUT2D eigenvalue weighted by molar-refractivity contribution is 7.80. The van der Waals surface area contributed by atoms with Crippen LogP contribution in [-0.4, -0.2) is 20.8 Å². The Hall–Kier alpha value is -2.47. The van der Waals surface area contributed by atoms with Gasteiger partial charge in [-0.3, -0.25) is 14.4 Å². The molecule has 0 spiro atoms. The Morgan fingerprint density at radius 1 is 1.36 bits per heavy atom. The zero-order valence-corrected chi connectivity index (χ0v) is 13.2. The van der Waals surface area contributed by atoms with Crippen molar-refractivity contribution in [1.82, 2.24) is 15.1 Å². The second-order valence-corrected chi connectivity index (χ2v) is 5.45. The number of amides is 1. The van der Waals surface area contributed by atoms with Crippen molar-refractivity contribution in [2.24, 2.45) is 7.05 Å². The molecule has 2 aromatic rings. The molecule has 0 atom stereocenters. The van der Waals surface area contributed by atoms with Crippen LogP contribution in [0.15, 0.2) is 42.4 Å². The molecule has 6 heteroatoms. The molecule has 1 aliphatic rings. The third-order valence-electron chi connectivity index (χ3n) is 3.53. The third kappa shape index (κ3) is 2.53. The van der Waals surface area contributed by atoms with Crippen molar-refractivity contribution in [2.75, 3.05) is 4.90 Å². The predicted octanol–water partition coefficient (Wildman–Crippen LogP) is 2.24. The molecule has 0 aliphatic carbocycles. The van der Waals surface area contributed by atoms with Crippen molar-refractivity contribution in [3.8, 4) is 0 Å². The Kier molecular flexibility index (Phi) is 3.77. The minimum absolute atomic E-state index is 0.144. The van der Waals surface area contributed by atoms with E-state index in [4.69, 9.17) is 12.2 Å². The Morgan fingerprint density at radius 2 is 2.14 bits per heavy atom. The van der Waals surface area contributed by atoms with Gasteiger partial charge < -0.3 is 5.32 Å². The van der Waals surface area contributed by atoms with E-state index in [0.29, 0.717) is 10.8 Å². The number of carbonyl (C=O) groups is 1. The third-order valence-corrected chi connectivity index (χ3v) is 3.81. The molecular weight excluding hydrogens is 296 g/mol. The van der Waals surface area contributed by atoms with Crippen LogP contribution >= 0.6 is 12.2 Å². The summed E-state index contributed by atoms with van der Waals surface area (Å²) in [7, 11) is 1.83. The normalized spacial score (nSPS) is 16.5. The van der Waals surface area contributed by atoms with Crippen molar-refractivity contribution >= 4 is 35.0 Å². The van der Waals surface area contributed by atoms with Crippen LogP contribution in [0.25, 0.3) is 6.08 Å². The van der Waals surface area contributed by atoms with Gasteiger partial charge in [0.1, 0.15) is 5.70 Å². The van der Waals surface area contributed by atoms with Crippen LogP contribution in [0.4, 0.5) is 5.69 Å². The minimum atomic E-state index is -0.144. The van der Waals surface area contributed by atoms with Crippen LogP contribution in [0, 0.1) is 0 Å². The van der Waals surface area contributed by atoms with Crippen molar-refractivity contribution < 1.29 is 4.79 Å². The van der Waals surface area contributed by atoms with E-state index >= 15 is 0 Å². The lowest BCUT2D eigenvalue weighted by Crippen LogP contribution is -2.31. The standard InChI is InChI=1S/C16H16N4OS/c1-3-12-6-4-5-7-14(12)20-15(21)13(18-16(20)22)8-11-9-17-19(2)10-11/h4-10H,3H2,1-2H3,(H,18,22)/b13-8-. The molecule has 2 heterocycles. The maximum absolute atomic E-state index is 12.7. The fourth-order valence-corrected chi connectivity index (χ4v) is 2.75. The molecule has 5 nitrogen and oxygen atoms in total. The highest BCUT2D eigenvalue weighted by atomic mass is 32.1. The summed E-state index contributed by atoms with van der Waals surface area (Å²) < 4.78 is 1.69. The molecule has 1 saturated heterocycles. The molecule has 112 valence electrons. The zero-order chi connectivity index (χ0) is 15.7. The number of aryl methyl sites for hydroxylation is 2. The van der Waals surface area contributed by atoms with Gasteiger partial charge in [0.25, 0.3) is 5.91 Å². The van der Waals surface area contributed by atoms with Crippen LogP contribution < -0.4 is 10.2 Å². The second kappa shape index (κ2) is 5.73. The summed E-state index contributed by atoms with van der Waals surface area (Å²) in [5, 5.41) is 7.49. The van der Waals surface area contributed by atoms with E-state index in [9.17, 15) is 4.79 Å². The minimum Gasteiger partial charge on any atom is -0.327 e. The van der Waals surface area contributed by atoms with Gasteiger partial charge in [0.15, 0.2) is 5.11 Å². The zero-order valence-electron chi connectivity index (χ0n) is 12.4. The van der Waals surface area contributed by atoms with E-state index in [2.05, 4.69) is 17.3 Å². The largest absolute Gasteiger partial charge is 0.327 e. The first-order valence-electron chi connectivity index (χ1n) is 7.04. The number of carbonyl (C=O) groups excluding carboxylic acids is 1. The number of nitrogens with zero attached hydrogens (tertiary/aromatic N) is 3. The summed E-state index contributed by atoms with van der Waals surface area (Å²) in [5.74, 6) is -0.144. The molecule has 1 aliphatic heterocycles. The topological polar surface area (TPSA) is 50.2 Å². The second-order valence-electron chi connectivity index (χ2n) is 5.06. The number of para-hydroxylation sites is 1. The molecular formula is C16H16N4OS. The van der Waals surface area contributed by atoms with Crippen LogP contribution in [0.3, 0.4) is 0 Å². The molecule has 0 radical (unpaired) electrons. The number of hydrogen-bond donors (Lipinski definition) is 1. The van der Waals surface area contributed by atoms with Crippen molar-refractivity contribution in [3.05, 3.63) is 53.5 Å². The molecule has 1 fully saturated rings. The van der Waals surface area contributed by atoms with Crippen molar-refractivity contribution in [3.63, 3.8) is 0 Å². The Labute approximate surface area is 134 Å².